The first-order valence-electron chi connectivity index (χ1n) is 11.6. The molecule has 0 spiro atoms. The van der Waals surface area contributed by atoms with E-state index < -0.39 is 47.1 Å². The molecular formula is C24H32F3N3O4. The highest BCUT2D eigenvalue weighted by Crippen LogP contribution is 2.29. The standard InChI is InChI=1S/C24H32F3N3O4/c1-14-22(32)29-8-5-6-16(29)7-9-28(14)21(31)12-17(30(23(33)34)24(2,3)4)10-15-11-19(26)20(27)13-18(15)25/h11,13-14,16-17H,5-10,12H2,1-4H3,(H,33,34)/t14-,16-,17-/m1/s1. The minimum absolute atomic E-state index is 0.0879. The summed E-state index contributed by atoms with van der Waals surface area (Å²) in [6.07, 6.45) is 0.460. The molecule has 2 aliphatic rings. The first-order valence-corrected chi connectivity index (χ1v) is 11.6. The van der Waals surface area contributed by atoms with E-state index in [0.717, 1.165) is 17.7 Å². The fourth-order valence-corrected chi connectivity index (χ4v) is 5.16. The molecule has 3 atom stereocenters. The van der Waals surface area contributed by atoms with Crippen LogP contribution in [-0.4, -0.2) is 74.5 Å². The van der Waals surface area contributed by atoms with Crippen LogP contribution >= 0.6 is 0 Å². The Morgan fingerprint density at radius 1 is 1.12 bits per heavy atom. The Morgan fingerprint density at radius 3 is 2.38 bits per heavy atom. The molecule has 0 aliphatic carbocycles. The van der Waals surface area contributed by atoms with Crippen LogP contribution in [-0.2, 0) is 16.0 Å². The Labute approximate surface area is 197 Å². The highest BCUT2D eigenvalue weighted by Gasteiger charge is 2.41. The number of rotatable bonds is 5. The van der Waals surface area contributed by atoms with Gasteiger partial charge in [0.25, 0.3) is 0 Å². The molecule has 2 fully saturated rings. The van der Waals surface area contributed by atoms with Crippen LogP contribution in [0.5, 0.6) is 0 Å². The molecule has 0 unspecified atom stereocenters. The minimum atomic E-state index is -1.35. The summed E-state index contributed by atoms with van der Waals surface area (Å²) in [6.45, 7) is 7.56. The number of carbonyl (C=O) groups is 3. The van der Waals surface area contributed by atoms with Crippen molar-refractivity contribution in [2.75, 3.05) is 13.1 Å². The number of carbonyl (C=O) groups excluding carboxylic acids is 2. The lowest BCUT2D eigenvalue weighted by Crippen LogP contribution is -2.54. The molecule has 1 N–H and O–H groups in total. The minimum Gasteiger partial charge on any atom is -0.465 e. The Hall–Kier alpha value is -2.78. The van der Waals surface area contributed by atoms with Crippen LogP contribution in [0, 0.1) is 17.5 Å². The normalized spacial score (nSPS) is 21.8. The molecule has 3 amide bonds. The van der Waals surface area contributed by atoms with Gasteiger partial charge in [-0.15, -0.1) is 0 Å². The molecule has 7 nitrogen and oxygen atoms in total. The largest absolute Gasteiger partial charge is 0.465 e. The lowest BCUT2D eigenvalue weighted by Gasteiger charge is -2.40. The summed E-state index contributed by atoms with van der Waals surface area (Å²) in [6, 6.07) is -0.574. The second-order valence-corrected chi connectivity index (χ2v) is 10.1. The molecule has 0 radical (unpaired) electrons. The zero-order valence-electron chi connectivity index (χ0n) is 20.0. The Kier molecular flexibility index (Phi) is 7.47. The summed E-state index contributed by atoms with van der Waals surface area (Å²) in [7, 11) is 0. The molecule has 10 heteroatoms. The quantitative estimate of drug-likeness (QED) is 0.646. The van der Waals surface area contributed by atoms with Crippen molar-refractivity contribution in [3.8, 4) is 0 Å². The van der Waals surface area contributed by atoms with E-state index in [1.54, 1.807) is 27.7 Å². The van der Waals surface area contributed by atoms with Gasteiger partial charge >= 0.3 is 6.09 Å². The van der Waals surface area contributed by atoms with E-state index in [1.165, 1.54) is 4.90 Å². The van der Waals surface area contributed by atoms with E-state index in [-0.39, 0.29) is 30.4 Å². The molecular weight excluding hydrogens is 451 g/mol. The van der Waals surface area contributed by atoms with Crippen molar-refractivity contribution in [2.24, 2.45) is 0 Å². The average Bonchev–Trinajstić information content (AvgIpc) is 3.14. The number of nitrogens with zero attached hydrogens (tertiary/aromatic N) is 3. The second kappa shape index (κ2) is 9.84. The van der Waals surface area contributed by atoms with Gasteiger partial charge in [0.05, 0.1) is 0 Å². The average molecular weight is 484 g/mol. The van der Waals surface area contributed by atoms with Crippen LogP contribution in [0.3, 0.4) is 0 Å². The number of hydrogen-bond donors (Lipinski definition) is 1. The maximum Gasteiger partial charge on any atom is 0.408 e. The number of hydrogen-bond acceptors (Lipinski definition) is 3. The zero-order chi connectivity index (χ0) is 25.4. The van der Waals surface area contributed by atoms with Crippen molar-refractivity contribution < 1.29 is 32.7 Å². The fourth-order valence-electron chi connectivity index (χ4n) is 5.16. The maximum atomic E-state index is 14.4. The monoisotopic (exact) mass is 483 g/mol. The maximum absolute atomic E-state index is 14.4. The van der Waals surface area contributed by atoms with E-state index in [2.05, 4.69) is 0 Å². The van der Waals surface area contributed by atoms with E-state index in [4.69, 9.17) is 0 Å². The SMILES string of the molecule is C[C@@H]1C(=O)N2CCC[C@@H]2CCN1C(=O)C[C@@H](Cc1cc(F)c(F)cc1F)N(C(=O)O)C(C)(C)C. The van der Waals surface area contributed by atoms with E-state index in [1.807, 2.05) is 4.90 Å². The summed E-state index contributed by atoms with van der Waals surface area (Å²) in [4.78, 5) is 42.8. The van der Waals surface area contributed by atoms with E-state index >= 15 is 0 Å². The van der Waals surface area contributed by atoms with Gasteiger partial charge < -0.3 is 14.9 Å². The van der Waals surface area contributed by atoms with E-state index in [9.17, 15) is 32.7 Å². The molecule has 2 saturated heterocycles. The van der Waals surface area contributed by atoms with Gasteiger partial charge in [-0.25, -0.2) is 18.0 Å². The number of halogens is 3. The van der Waals surface area contributed by atoms with Crippen LogP contribution in [0.25, 0.3) is 0 Å². The summed E-state index contributed by atoms with van der Waals surface area (Å²) >= 11 is 0. The van der Waals surface area contributed by atoms with Crippen molar-refractivity contribution in [2.45, 2.75) is 83.5 Å². The number of benzene rings is 1. The van der Waals surface area contributed by atoms with Crippen molar-refractivity contribution in [1.29, 1.82) is 0 Å². The number of carboxylic acid groups (broad SMARTS) is 1. The van der Waals surface area contributed by atoms with Crippen molar-refractivity contribution in [1.82, 2.24) is 14.7 Å². The molecule has 0 saturated carbocycles. The molecule has 0 bridgehead atoms. The summed E-state index contributed by atoms with van der Waals surface area (Å²) in [5.74, 6) is -4.20. The first kappa shape index (κ1) is 25.8. The third-order valence-corrected chi connectivity index (χ3v) is 6.76. The molecule has 34 heavy (non-hydrogen) atoms. The van der Waals surface area contributed by atoms with Gasteiger partial charge in [-0.1, -0.05) is 0 Å². The van der Waals surface area contributed by atoms with Crippen LogP contribution in [0.2, 0.25) is 0 Å². The first-order chi connectivity index (χ1) is 15.8. The molecule has 2 heterocycles. The lowest BCUT2D eigenvalue weighted by atomic mass is 9.95. The predicted molar refractivity (Wildman–Crippen MR) is 119 cm³/mol. The van der Waals surface area contributed by atoms with Crippen LogP contribution in [0.15, 0.2) is 12.1 Å². The summed E-state index contributed by atoms with van der Waals surface area (Å²) in [5.41, 5.74) is -1.19. The molecule has 1 aromatic carbocycles. The molecule has 3 rings (SSSR count). The highest BCUT2D eigenvalue weighted by atomic mass is 19.2. The summed E-state index contributed by atoms with van der Waals surface area (Å²) < 4.78 is 41.7. The number of amides is 3. The third-order valence-electron chi connectivity index (χ3n) is 6.76. The molecule has 2 aliphatic heterocycles. The van der Waals surface area contributed by atoms with E-state index in [0.29, 0.717) is 31.6 Å². The lowest BCUT2D eigenvalue weighted by molar-refractivity contribution is -0.144. The molecule has 0 aromatic heterocycles. The zero-order valence-corrected chi connectivity index (χ0v) is 20.0. The van der Waals surface area contributed by atoms with Crippen LogP contribution < -0.4 is 0 Å². The van der Waals surface area contributed by atoms with Crippen molar-refractivity contribution in [3.05, 3.63) is 35.1 Å². The van der Waals surface area contributed by atoms with Gasteiger partial charge in [0.2, 0.25) is 11.8 Å². The van der Waals surface area contributed by atoms with Gasteiger partial charge in [-0.3, -0.25) is 14.5 Å². The van der Waals surface area contributed by atoms with Gasteiger partial charge in [0, 0.05) is 43.2 Å². The van der Waals surface area contributed by atoms with Crippen molar-refractivity contribution in [3.63, 3.8) is 0 Å². The topological polar surface area (TPSA) is 81.2 Å². The molecule has 1 aromatic rings. The van der Waals surface area contributed by atoms with Gasteiger partial charge in [-0.05, 0) is 65.0 Å². The van der Waals surface area contributed by atoms with Gasteiger partial charge in [-0.2, -0.15) is 0 Å². The highest BCUT2D eigenvalue weighted by molar-refractivity contribution is 5.88. The smallest absolute Gasteiger partial charge is 0.408 e. The van der Waals surface area contributed by atoms with Crippen LogP contribution in [0.4, 0.5) is 18.0 Å². The number of fused-ring (bicyclic) bond motifs is 1. The Bertz CT molecular complexity index is 966. The van der Waals surface area contributed by atoms with Crippen LogP contribution in [0.1, 0.15) is 58.9 Å². The predicted octanol–water partition coefficient (Wildman–Crippen LogP) is 3.80. The van der Waals surface area contributed by atoms with Gasteiger partial charge in [0.15, 0.2) is 11.6 Å². The Morgan fingerprint density at radius 2 is 1.76 bits per heavy atom. The van der Waals surface area contributed by atoms with Gasteiger partial charge in [0.1, 0.15) is 11.9 Å². The summed E-state index contributed by atoms with van der Waals surface area (Å²) in [5, 5.41) is 9.91. The molecule has 188 valence electrons. The fraction of sp³-hybridized carbons (Fsp3) is 0.625. The third kappa shape index (κ3) is 5.31. The Balaban J connectivity index is 1.90. The second-order valence-electron chi connectivity index (χ2n) is 10.1. The van der Waals surface area contributed by atoms with Crippen molar-refractivity contribution >= 4 is 17.9 Å².